The molecular formula is C45H35B5N2. The number of para-hydroxylation sites is 2. The van der Waals surface area contributed by atoms with Crippen LogP contribution in [0.4, 0.5) is 0 Å². The highest BCUT2D eigenvalue weighted by Crippen LogP contribution is 2.45. The molecule has 7 heteroatoms. The van der Waals surface area contributed by atoms with Gasteiger partial charge in [-0.2, -0.15) is 0 Å². The molecule has 1 heterocycles. The van der Waals surface area contributed by atoms with Gasteiger partial charge in [0.05, 0.1) is 11.0 Å². The largest absolute Gasteiger partial charge is 0.292 e. The first-order chi connectivity index (χ1) is 25.4. The van der Waals surface area contributed by atoms with Crippen LogP contribution >= 0.6 is 0 Å². The third kappa shape index (κ3) is 4.99. The van der Waals surface area contributed by atoms with Gasteiger partial charge in [-0.1, -0.05) is 138 Å². The minimum Gasteiger partial charge on any atom is -0.292 e. The highest BCUT2D eigenvalue weighted by molar-refractivity contribution is 6.68. The van der Waals surface area contributed by atoms with Crippen LogP contribution in [0.3, 0.4) is 0 Å². The summed E-state index contributed by atoms with van der Waals surface area (Å²) in [5.41, 5.74) is 18.8. The summed E-state index contributed by atoms with van der Waals surface area (Å²) in [5.74, 6) is 0.943. The Kier molecular flexibility index (Phi) is 7.81. The van der Waals surface area contributed by atoms with Gasteiger partial charge in [0.15, 0.2) is 0 Å². The Labute approximate surface area is 309 Å². The number of imidazole rings is 1. The zero-order chi connectivity index (χ0) is 35.5. The Morgan fingerprint density at radius 2 is 0.827 bits per heavy atom. The summed E-state index contributed by atoms with van der Waals surface area (Å²) in [7, 11) is 11.4. The molecule has 9 rings (SSSR count). The maximum absolute atomic E-state index is 5.08. The van der Waals surface area contributed by atoms with Crippen LogP contribution in [0, 0.1) is 0 Å². The maximum atomic E-state index is 5.08. The predicted octanol–water partition coefficient (Wildman–Crippen LogP) is 3.29. The molecule has 0 saturated carbocycles. The van der Waals surface area contributed by atoms with E-state index in [0.717, 1.165) is 28.1 Å². The monoisotopic (exact) mass is 658 g/mol. The van der Waals surface area contributed by atoms with Gasteiger partial charge in [-0.15, -0.1) is 16.4 Å². The van der Waals surface area contributed by atoms with Crippen LogP contribution < -0.4 is 27.3 Å². The molecule has 0 radical (unpaired) electrons. The first-order valence-electron chi connectivity index (χ1n) is 18.2. The predicted molar refractivity (Wildman–Crippen MR) is 239 cm³/mol. The van der Waals surface area contributed by atoms with Gasteiger partial charge < -0.3 is 0 Å². The van der Waals surface area contributed by atoms with Crippen LogP contribution in [0.25, 0.3) is 83.0 Å². The van der Waals surface area contributed by atoms with Crippen molar-refractivity contribution in [3.05, 3.63) is 152 Å². The van der Waals surface area contributed by atoms with Gasteiger partial charge in [-0.25, -0.2) is 4.98 Å². The van der Waals surface area contributed by atoms with E-state index in [4.69, 9.17) is 4.98 Å². The van der Waals surface area contributed by atoms with E-state index >= 15 is 0 Å². The molecule has 0 spiro atoms. The van der Waals surface area contributed by atoms with Crippen molar-refractivity contribution in [3.63, 3.8) is 0 Å². The highest BCUT2D eigenvalue weighted by atomic mass is 15.1. The molecule has 0 aliphatic carbocycles. The Morgan fingerprint density at radius 1 is 0.365 bits per heavy atom. The van der Waals surface area contributed by atoms with Gasteiger partial charge >= 0.3 is 0 Å². The molecule has 0 amide bonds. The quantitative estimate of drug-likeness (QED) is 0.205. The summed E-state index contributed by atoms with van der Waals surface area (Å²) < 4.78 is 2.28. The van der Waals surface area contributed by atoms with Gasteiger partial charge in [0.25, 0.3) is 0 Å². The molecule has 0 aliphatic rings. The summed E-state index contributed by atoms with van der Waals surface area (Å²) in [4.78, 5) is 5.08. The summed E-state index contributed by atoms with van der Waals surface area (Å²) in [5, 5.41) is 5.02. The first-order valence-corrected chi connectivity index (χ1v) is 18.2. The first kappa shape index (κ1) is 32.0. The minimum absolute atomic E-state index is 0.943. The average Bonchev–Trinajstić information content (AvgIpc) is 3.59. The maximum Gasteiger partial charge on any atom is 0.145 e. The SMILES string of the molecule is Bc1c(B)c(B)c(-c2ccccc2-c2c3ccccc3c(-c3ccc(-n4c(-c5ccccc5)nc5ccccc54)cc3)c3ccccc23)c(B)c1B. The summed E-state index contributed by atoms with van der Waals surface area (Å²) in [6.45, 7) is 0. The van der Waals surface area contributed by atoms with E-state index in [2.05, 4.69) is 195 Å². The second-order valence-corrected chi connectivity index (χ2v) is 14.1. The van der Waals surface area contributed by atoms with Crippen LogP contribution in [0.1, 0.15) is 0 Å². The molecule has 0 saturated heterocycles. The number of hydrogen-bond acceptors (Lipinski definition) is 1. The van der Waals surface area contributed by atoms with Crippen LogP contribution in [-0.4, -0.2) is 48.8 Å². The zero-order valence-corrected chi connectivity index (χ0v) is 30.3. The normalized spacial score (nSPS) is 11.5. The molecule has 1 aromatic heterocycles. The Bertz CT molecular complexity index is 2760. The Morgan fingerprint density at radius 3 is 1.42 bits per heavy atom. The van der Waals surface area contributed by atoms with Gasteiger partial charge in [0, 0.05) is 11.3 Å². The second-order valence-electron chi connectivity index (χ2n) is 14.1. The van der Waals surface area contributed by atoms with E-state index in [1.54, 1.807) is 0 Å². The fourth-order valence-electron chi connectivity index (χ4n) is 8.40. The molecule has 2 nitrogen and oxygen atoms in total. The van der Waals surface area contributed by atoms with E-state index in [1.807, 2.05) is 0 Å². The van der Waals surface area contributed by atoms with E-state index in [1.165, 1.54) is 82.2 Å². The van der Waals surface area contributed by atoms with Crippen LogP contribution in [0.5, 0.6) is 0 Å². The van der Waals surface area contributed by atoms with Crippen molar-refractivity contribution in [2.45, 2.75) is 0 Å². The van der Waals surface area contributed by atoms with Gasteiger partial charge in [0.2, 0.25) is 0 Å². The Hall–Kier alpha value is -5.93. The molecule has 0 aliphatic heterocycles. The lowest BCUT2D eigenvalue weighted by Crippen LogP contribution is -2.55. The molecule has 0 atom stereocenters. The molecule has 8 aromatic carbocycles. The second kappa shape index (κ2) is 12.7. The van der Waals surface area contributed by atoms with E-state index in [-0.39, 0.29) is 0 Å². The molecule has 240 valence electrons. The van der Waals surface area contributed by atoms with Crippen molar-refractivity contribution < 1.29 is 0 Å². The molecule has 9 aromatic rings. The lowest BCUT2D eigenvalue weighted by molar-refractivity contribution is 1.10. The van der Waals surface area contributed by atoms with Gasteiger partial charge in [-0.05, 0) is 79.2 Å². The van der Waals surface area contributed by atoms with Gasteiger partial charge in [-0.3, -0.25) is 4.57 Å². The van der Waals surface area contributed by atoms with Crippen molar-refractivity contribution in [1.29, 1.82) is 0 Å². The van der Waals surface area contributed by atoms with E-state index in [9.17, 15) is 0 Å². The number of nitrogens with zero attached hydrogens (tertiary/aromatic N) is 2. The third-order valence-electron chi connectivity index (χ3n) is 11.4. The van der Waals surface area contributed by atoms with Crippen molar-refractivity contribution in [2.24, 2.45) is 0 Å². The number of rotatable bonds is 5. The Balaban J connectivity index is 1.27. The third-order valence-corrected chi connectivity index (χ3v) is 11.4. The highest BCUT2D eigenvalue weighted by Gasteiger charge is 2.22. The lowest BCUT2D eigenvalue weighted by atomic mass is 9.59. The van der Waals surface area contributed by atoms with Gasteiger partial charge in [0.1, 0.15) is 45.1 Å². The van der Waals surface area contributed by atoms with Crippen molar-refractivity contribution in [3.8, 4) is 50.5 Å². The standard InChI is InChI=1S/C45H35B5N2/c46-40-39(41(47)43(49)44(50)42(40)48)34-19-9-8-18-33(34)38-31-16-6-4-14-29(31)37(30-15-5-7-17-32(30)38)26-22-24-28(25-23-26)52-36-21-11-10-20-35(36)51-45(52)27-12-2-1-3-13-27/h1-25H,46-50H2. The van der Waals surface area contributed by atoms with E-state index in [0.29, 0.717) is 0 Å². The van der Waals surface area contributed by atoms with Crippen LogP contribution in [0.2, 0.25) is 0 Å². The van der Waals surface area contributed by atoms with E-state index < -0.39 is 0 Å². The molecule has 0 N–H and O–H groups in total. The van der Waals surface area contributed by atoms with Crippen molar-refractivity contribution in [1.82, 2.24) is 9.55 Å². The number of fused-ring (bicyclic) bond motifs is 3. The summed E-state index contributed by atoms with van der Waals surface area (Å²) in [6, 6.07) is 54.9. The van der Waals surface area contributed by atoms with Crippen LogP contribution in [-0.2, 0) is 0 Å². The fourth-order valence-corrected chi connectivity index (χ4v) is 8.40. The lowest BCUT2D eigenvalue weighted by Gasteiger charge is -2.24. The number of benzene rings is 8. The van der Waals surface area contributed by atoms with Crippen molar-refractivity contribution >= 4 is 99.1 Å². The summed E-state index contributed by atoms with van der Waals surface area (Å²) in [6.07, 6.45) is 0. The van der Waals surface area contributed by atoms with Crippen molar-refractivity contribution in [2.75, 3.05) is 0 Å². The molecule has 0 fully saturated rings. The van der Waals surface area contributed by atoms with Crippen LogP contribution in [0.15, 0.2) is 152 Å². The average molecular weight is 658 g/mol. The molecule has 52 heavy (non-hydrogen) atoms. The zero-order valence-electron chi connectivity index (χ0n) is 30.3. The topological polar surface area (TPSA) is 17.8 Å². The molecule has 0 unspecified atom stereocenters. The fraction of sp³-hybridized carbons (Fsp3) is 0. The number of aromatic nitrogens is 2. The number of hydrogen-bond donors (Lipinski definition) is 0. The molecular weight excluding hydrogens is 623 g/mol. The smallest absolute Gasteiger partial charge is 0.145 e. The minimum atomic E-state index is 0.943. The summed E-state index contributed by atoms with van der Waals surface area (Å²) >= 11 is 0. The molecule has 0 bridgehead atoms.